The van der Waals surface area contributed by atoms with Gasteiger partial charge in [0.2, 0.25) is 18.5 Å². The number of nitrogens with zero attached hydrogens (tertiary/aromatic N) is 2. The van der Waals surface area contributed by atoms with E-state index >= 15 is 0 Å². The topological polar surface area (TPSA) is 69.4 Å². The minimum absolute atomic E-state index is 0.262. The second-order valence-electron chi connectivity index (χ2n) is 5.43. The predicted octanol–water partition coefficient (Wildman–Crippen LogP) is 2.25. The molecule has 2 heterocycles. The summed E-state index contributed by atoms with van der Waals surface area (Å²) in [5.74, 6) is 3.32. The van der Waals surface area contributed by atoms with Crippen molar-refractivity contribution in [2.24, 2.45) is 5.92 Å². The van der Waals surface area contributed by atoms with Gasteiger partial charge in [0.25, 0.3) is 0 Å². The van der Waals surface area contributed by atoms with Gasteiger partial charge >= 0.3 is 0 Å². The Balaban J connectivity index is 1.62. The molecule has 0 bridgehead atoms. The number of hydrogen-bond donors (Lipinski definition) is 1. The first-order valence-corrected chi connectivity index (χ1v) is 7.15. The summed E-state index contributed by atoms with van der Waals surface area (Å²) in [6, 6.07) is 5.63. The molecule has 0 fully saturated rings. The molecule has 0 saturated carbocycles. The van der Waals surface area contributed by atoms with E-state index in [2.05, 4.69) is 29.3 Å². The molecule has 0 atom stereocenters. The number of ether oxygens (including phenoxy) is 2. The van der Waals surface area contributed by atoms with Crippen molar-refractivity contribution in [3.05, 3.63) is 24.1 Å². The van der Waals surface area contributed by atoms with Crippen molar-refractivity contribution in [3.8, 4) is 22.9 Å². The monoisotopic (exact) mass is 289 g/mol. The maximum absolute atomic E-state index is 5.35. The Bertz CT molecular complexity index is 610. The van der Waals surface area contributed by atoms with E-state index in [0.29, 0.717) is 17.6 Å². The van der Waals surface area contributed by atoms with Crippen LogP contribution in [0.5, 0.6) is 11.5 Å². The maximum atomic E-state index is 5.35. The van der Waals surface area contributed by atoms with Crippen LogP contribution in [-0.2, 0) is 6.42 Å². The van der Waals surface area contributed by atoms with E-state index in [1.165, 1.54) is 0 Å². The van der Waals surface area contributed by atoms with Gasteiger partial charge < -0.3 is 19.3 Å². The minimum Gasteiger partial charge on any atom is -0.454 e. The van der Waals surface area contributed by atoms with E-state index in [9.17, 15) is 0 Å². The minimum atomic E-state index is 0.262. The Kier molecular flexibility index (Phi) is 4.06. The van der Waals surface area contributed by atoms with Crippen LogP contribution in [-0.4, -0.2) is 30.0 Å². The highest BCUT2D eigenvalue weighted by atomic mass is 16.7. The molecule has 1 aromatic heterocycles. The van der Waals surface area contributed by atoms with Crippen molar-refractivity contribution in [1.29, 1.82) is 0 Å². The molecule has 1 N–H and O–H groups in total. The van der Waals surface area contributed by atoms with Crippen molar-refractivity contribution < 1.29 is 14.0 Å². The van der Waals surface area contributed by atoms with E-state index in [0.717, 1.165) is 36.6 Å². The molecule has 6 heteroatoms. The number of fused-ring (bicyclic) bond motifs is 1. The number of aromatic nitrogens is 2. The fourth-order valence-electron chi connectivity index (χ4n) is 2.10. The van der Waals surface area contributed by atoms with Crippen LogP contribution in [0.25, 0.3) is 11.4 Å². The van der Waals surface area contributed by atoms with Crippen molar-refractivity contribution in [3.63, 3.8) is 0 Å². The lowest BCUT2D eigenvalue weighted by Crippen LogP contribution is -2.22. The summed E-state index contributed by atoms with van der Waals surface area (Å²) in [6.45, 7) is 6.44. The fraction of sp³-hybridized carbons (Fsp3) is 0.467. The first-order valence-electron chi connectivity index (χ1n) is 7.15. The largest absolute Gasteiger partial charge is 0.454 e. The number of hydrogen-bond acceptors (Lipinski definition) is 6. The molecule has 0 radical (unpaired) electrons. The van der Waals surface area contributed by atoms with Crippen LogP contribution in [0, 0.1) is 5.92 Å². The zero-order valence-electron chi connectivity index (χ0n) is 12.3. The molecule has 21 heavy (non-hydrogen) atoms. The molecular weight excluding hydrogens is 270 g/mol. The van der Waals surface area contributed by atoms with Crippen LogP contribution < -0.4 is 14.8 Å². The Hall–Kier alpha value is -2.08. The van der Waals surface area contributed by atoms with Crippen molar-refractivity contribution in [1.82, 2.24) is 15.5 Å². The van der Waals surface area contributed by atoms with Crippen LogP contribution in [0.4, 0.5) is 0 Å². The molecule has 112 valence electrons. The molecule has 1 aliphatic rings. The van der Waals surface area contributed by atoms with Crippen LogP contribution >= 0.6 is 0 Å². The Morgan fingerprint density at radius 3 is 2.95 bits per heavy atom. The molecule has 0 aliphatic carbocycles. The van der Waals surface area contributed by atoms with Crippen molar-refractivity contribution in [2.45, 2.75) is 20.3 Å². The number of rotatable bonds is 6. The Labute approximate surface area is 123 Å². The van der Waals surface area contributed by atoms with Crippen LogP contribution in [0.15, 0.2) is 22.7 Å². The zero-order valence-corrected chi connectivity index (χ0v) is 12.3. The van der Waals surface area contributed by atoms with Gasteiger partial charge in [-0.25, -0.2) is 0 Å². The summed E-state index contributed by atoms with van der Waals surface area (Å²) in [6.07, 6.45) is 0.726. The molecule has 0 unspecified atom stereocenters. The summed E-state index contributed by atoms with van der Waals surface area (Å²) >= 11 is 0. The zero-order chi connectivity index (χ0) is 14.7. The Morgan fingerprint density at radius 2 is 2.10 bits per heavy atom. The quantitative estimate of drug-likeness (QED) is 0.823. The van der Waals surface area contributed by atoms with E-state index in [1.807, 2.05) is 18.2 Å². The number of nitrogens with one attached hydrogen (secondary N) is 1. The first kappa shape index (κ1) is 13.9. The third kappa shape index (κ3) is 3.33. The van der Waals surface area contributed by atoms with E-state index in [1.54, 1.807) is 0 Å². The van der Waals surface area contributed by atoms with E-state index in [4.69, 9.17) is 14.0 Å². The lowest BCUT2D eigenvalue weighted by atomic mass is 10.2. The lowest BCUT2D eigenvalue weighted by molar-refractivity contribution is 0.174. The van der Waals surface area contributed by atoms with Crippen molar-refractivity contribution >= 4 is 0 Å². The highest BCUT2D eigenvalue weighted by molar-refractivity contribution is 5.61. The summed E-state index contributed by atoms with van der Waals surface area (Å²) in [7, 11) is 0. The van der Waals surface area contributed by atoms with Gasteiger partial charge in [-0.15, -0.1) is 0 Å². The molecular formula is C15H19N3O3. The van der Waals surface area contributed by atoms with Crippen LogP contribution in [0.1, 0.15) is 19.7 Å². The second-order valence-corrected chi connectivity index (χ2v) is 5.43. The third-order valence-corrected chi connectivity index (χ3v) is 3.17. The molecule has 1 aromatic carbocycles. The van der Waals surface area contributed by atoms with Gasteiger partial charge in [0, 0.05) is 18.5 Å². The number of benzene rings is 1. The maximum Gasteiger partial charge on any atom is 0.231 e. The molecule has 0 amide bonds. The van der Waals surface area contributed by atoms with Gasteiger partial charge in [0.1, 0.15) is 0 Å². The molecule has 1 aliphatic heterocycles. The summed E-state index contributed by atoms with van der Waals surface area (Å²) < 4.78 is 15.9. The highest BCUT2D eigenvalue weighted by Gasteiger charge is 2.16. The lowest BCUT2D eigenvalue weighted by Gasteiger charge is -2.04. The van der Waals surface area contributed by atoms with E-state index in [-0.39, 0.29) is 6.79 Å². The predicted molar refractivity (Wildman–Crippen MR) is 77.3 cm³/mol. The van der Waals surface area contributed by atoms with Gasteiger partial charge in [0.15, 0.2) is 11.5 Å². The third-order valence-electron chi connectivity index (χ3n) is 3.17. The first-order chi connectivity index (χ1) is 10.2. The average molecular weight is 289 g/mol. The standard InChI is InChI=1S/C15H19N3O3/c1-10(2)8-16-6-5-14-17-15(18-21-14)11-3-4-12-13(7-11)20-9-19-12/h3-4,7,10,16H,5-6,8-9H2,1-2H3. The average Bonchev–Trinajstić information content (AvgIpc) is 3.11. The van der Waals surface area contributed by atoms with Gasteiger partial charge in [-0.05, 0) is 30.7 Å². The smallest absolute Gasteiger partial charge is 0.231 e. The summed E-state index contributed by atoms with van der Waals surface area (Å²) in [5.41, 5.74) is 0.865. The summed E-state index contributed by atoms with van der Waals surface area (Å²) in [4.78, 5) is 4.41. The van der Waals surface area contributed by atoms with Crippen LogP contribution in [0.2, 0.25) is 0 Å². The van der Waals surface area contributed by atoms with Crippen molar-refractivity contribution in [2.75, 3.05) is 19.9 Å². The molecule has 0 saturated heterocycles. The molecule has 6 nitrogen and oxygen atoms in total. The van der Waals surface area contributed by atoms with Gasteiger partial charge in [-0.2, -0.15) is 4.98 Å². The molecule has 0 spiro atoms. The highest BCUT2D eigenvalue weighted by Crippen LogP contribution is 2.35. The van der Waals surface area contributed by atoms with Crippen LogP contribution in [0.3, 0.4) is 0 Å². The fourth-order valence-corrected chi connectivity index (χ4v) is 2.10. The van der Waals surface area contributed by atoms with Gasteiger partial charge in [-0.3, -0.25) is 0 Å². The molecule has 3 rings (SSSR count). The Morgan fingerprint density at radius 1 is 1.24 bits per heavy atom. The SMILES string of the molecule is CC(C)CNCCc1nc(-c2ccc3c(c2)OCO3)no1. The normalized spacial score (nSPS) is 13.1. The molecule has 2 aromatic rings. The second kappa shape index (κ2) is 6.13. The summed E-state index contributed by atoms with van der Waals surface area (Å²) in [5, 5.41) is 7.37. The van der Waals surface area contributed by atoms with Gasteiger partial charge in [-0.1, -0.05) is 19.0 Å². The van der Waals surface area contributed by atoms with Gasteiger partial charge in [0.05, 0.1) is 0 Å². The van der Waals surface area contributed by atoms with E-state index < -0.39 is 0 Å².